The molecule has 1 aromatic rings. The van der Waals surface area contributed by atoms with E-state index in [0.717, 1.165) is 0 Å². The molecule has 0 saturated heterocycles. The van der Waals surface area contributed by atoms with Gasteiger partial charge in [-0.15, -0.1) is 0 Å². The van der Waals surface area contributed by atoms with Crippen LogP contribution in [-0.4, -0.2) is 19.4 Å². The average Bonchev–Trinajstić information content (AvgIpc) is 2.16. The number of nitrogens with zero attached hydrogens (tertiary/aromatic N) is 1. The summed E-state index contributed by atoms with van der Waals surface area (Å²) in [4.78, 5) is 13.4. The van der Waals surface area contributed by atoms with Crippen LogP contribution in [0.1, 0.15) is 20.8 Å². The van der Waals surface area contributed by atoms with Crippen molar-refractivity contribution in [3.8, 4) is 0 Å². The van der Waals surface area contributed by atoms with Crippen LogP contribution in [0.25, 0.3) is 0 Å². The van der Waals surface area contributed by atoms with Crippen LogP contribution in [0.5, 0.6) is 0 Å². The fourth-order valence-corrected chi connectivity index (χ4v) is 1.30. The Kier molecular flexibility index (Phi) is 3.68. The number of carbonyl (C=O) groups excluding carboxylic acids is 1. The number of hydrogen-bond donors (Lipinski definition) is 0. The van der Waals surface area contributed by atoms with E-state index >= 15 is 0 Å². The first kappa shape index (κ1) is 12.7. The van der Waals surface area contributed by atoms with Crippen LogP contribution in [0, 0.1) is 11.2 Å². The molecule has 88 valence electrons. The van der Waals surface area contributed by atoms with Crippen molar-refractivity contribution in [3.63, 3.8) is 0 Å². The molecule has 0 radical (unpaired) electrons. The summed E-state index contributed by atoms with van der Waals surface area (Å²) in [7, 11) is 1.72. The standard InChI is InChI=1S/C13H18FNO/c1-13(2,3)12(16)9-15(4)11-8-6-5-7-10(11)14/h5-8H,9H2,1-4H3. The van der Waals surface area contributed by atoms with Crippen LogP contribution in [0.2, 0.25) is 0 Å². The Morgan fingerprint density at radius 1 is 1.31 bits per heavy atom. The third kappa shape index (κ3) is 3.05. The van der Waals surface area contributed by atoms with Gasteiger partial charge in [-0.05, 0) is 12.1 Å². The van der Waals surface area contributed by atoms with E-state index in [1.807, 2.05) is 20.8 Å². The SMILES string of the molecule is CN(CC(=O)C(C)(C)C)c1ccccc1F. The Hall–Kier alpha value is -1.38. The van der Waals surface area contributed by atoms with E-state index in [1.165, 1.54) is 6.07 Å². The molecule has 0 aromatic heterocycles. The van der Waals surface area contributed by atoms with Crippen molar-refractivity contribution in [2.45, 2.75) is 20.8 Å². The lowest BCUT2D eigenvalue weighted by atomic mass is 9.90. The zero-order valence-electron chi connectivity index (χ0n) is 10.2. The van der Waals surface area contributed by atoms with Gasteiger partial charge in [0.1, 0.15) is 5.82 Å². The van der Waals surface area contributed by atoms with Crippen LogP contribution >= 0.6 is 0 Å². The molecule has 0 saturated carbocycles. The first-order valence-corrected chi connectivity index (χ1v) is 5.31. The van der Waals surface area contributed by atoms with E-state index in [9.17, 15) is 9.18 Å². The maximum atomic E-state index is 13.4. The molecule has 0 aliphatic carbocycles. The molecule has 0 fully saturated rings. The third-order valence-electron chi connectivity index (χ3n) is 2.48. The molecular weight excluding hydrogens is 205 g/mol. The summed E-state index contributed by atoms with van der Waals surface area (Å²) in [5.74, 6) is -0.204. The van der Waals surface area contributed by atoms with Gasteiger partial charge in [0.2, 0.25) is 0 Å². The monoisotopic (exact) mass is 223 g/mol. The number of benzene rings is 1. The second-order valence-electron chi connectivity index (χ2n) is 4.98. The predicted octanol–water partition coefficient (Wildman–Crippen LogP) is 2.88. The van der Waals surface area contributed by atoms with Gasteiger partial charge in [-0.25, -0.2) is 4.39 Å². The van der Waals surface area contributed by atoms with E-state index < -0.39 is 0 Å². The predicted molar refractivity (Wildman–Crippen MR) is 64.1 cm³/mol. The van der Waals surface area contributed by atoms with E-state index in [0.29, 0.717) is 5.69 Å². The fourth-order valence-electron chi connectivity index (χ4n) is 1.30. The minimum absolute atomic E-state index is 0.0956. The van der Waals surface area contributed by atoms with Gasteiger partial charge in [0.05, 0.1) is 12.2 Å². The molecular formula is C13H18FNO. The van der Waals surface area contributed by atoms with E-state index in [2.05, 4.69) is 0 Å². The molecule has 0 N–H and O–H groups in total. The van der Waals surface area contributed by atoms with Crippen molar-refractivity contribution in [1.82, 2.24) is 0 Å². The van der Waals surface area contributed by atoms with Crippen molar-refractivity contribution in [2.24, 2.45) is 5.41 Å². The van der Waals surface area contributed by atoms with E-state index in [4.69, 9.17) is 0 Å². The molecule has 0 unspecified atom stereocenters. The highest BCUT2D eigenvalue weighted by Gasteiger charge is 2.23. The lowest BCUT2D eigenvalue weighted by molar-refractivity contribution is -0.124. The molecule has 0 bridgehead atoms. The Morgan fingerprint density at radius 2 is 1.88 bits per heavy atom. The number of hydrogen-bond acceptors (Lipinski definition) is 2. The highest BCUT2D eigenvalue weighted by molar-refractivity contribution is 5.87. The van der Waals surface area contributed by atoms with Crippen molar-refractivity contribution in [1.29, 1.82) is 0 Å². The van der Waals surface area contributed by atoms with Gasteiger partial charge in [-0.3, -0.25) is 4.79 Å². The summed E-state index contributed by atoms with van der Waals surface area (Å²) >= 11 is 0. The number of ketones is 1. The number of halogens is 1. The Labute approximate surface area is 96.1 Å². The van der Waals surface area contributed by atoms with Crippen LogP contribution < -0.4 is 4.90 Å². The summed E-state index contributed by atoms with van der Waals surface area (Å²) in [6.07, 6.45) is 0. The number of carbonyl (C=O) groups is 1. The summed E-state index contributed by atoms with van der Waals surface area (Å²) in [5.41, 5.74) is 0.0691. The van der Waals surface area contributed by atoms with Crippen molar-refractivity contribution in [3.05, 3.63) is 30.1 Å². The maximum absolute atomic E-state index is 13.4. The fraction of sp³-hybridized carbons (Fsp3) is 0.462. The van der Waals surface area contributed by atoms with Gasteiger partial charge in [0.15, 0.2) is 5.78 Å². The maximum Gasteiger partial charge on any atom is 0.157 e. The first-order chi connectivity index (χ1) is 7.32. The first-order valence-electron chi connectivity index (χ1n) is 5.31. The summed E-state index contributed by atoms with van der Waals surface area (Å²) in [6, 6.07) is 6.47. The molecule has 0 spiro atoms. The van der Waals surface area contributed by atoms with Crippen LogP contribution in [-0.2, 0) is 4.79 Å². The van der Waals surface area contributed by atoms with Crippen molar-refractivity contribution < 1.29 is 9.18 Å². The zero-order valence-corrected chi connectivity index (χ0v) is 10.2. The number of Topliss-reactive ketones (excluding diaryl/α,β-unsaturated/α-hetero) is 1. The lowest BCUT2D eigenvalue weighted by Gasteiger charge is -2.24. The topological polar surface area (TPSA) is 20.3 Å². The molecule has 0 atom stereocenters. The van der Waals surface area contributed by atoms with Crippen molar-refractivity contribution >= 4 is 11.5 Å². The molecule has 1 aromatic carbocycles. The molecule has 0 aliphatic rings. The quantitative estimate of drug-likeness (QED) is 0.785. The van der Waals surface area contributed by atoms with Gasteiger partial charge < -0.3 is 4.90 Å². The van der Waals surface area contributed by atoms with Gasteiger partial charge in [0, 0.05) is 12.5 Å². The van der Waals surface area contributed by atoms with Crippen LogP contribution in [0.3, 0.4) is 0 Å². The van der Waals surface area contributed by atoms with Gasteiger partial charge in [-0.1, -0.05) is 32.9 Å². The summed E-state index contributed by atoms with van der Waals surface area (Å²) in [6.45, 7) is 5.82. The van der Waals surface area contributed by atoms with Crippen LogP contribution in [0.4, 0.5) is 10.1 Å². The Morgan fingerprint density at radius 3 is 2.38 bits per heavy atom. The number of anilines is 1. The zero-order chi connectivity index (χ0) is 12.3. The highest BCUT2D eigenvalue weighted by atomic mass is 19.1. The molecule has 3 heteroatoms. The second-order valence-corrected chi connectivity index (χ2v) is 4.98. The highest BCUT2D eigenvalue weighted by Crippen LogP contribution is 2.20. The minimum Gasteiger partial charge on any atom is -0.365 e. The minimum atomic E-state index is -0.389. The van der Waals surface area contributed by atoms with Gasteiger partial charge in [-0.2, -0.15) is 0 Å². The molecule has 0 heterocycles. The van der Waals surface area contributed by atoms with Gasteiger partial charge in [0.25, 0.3) is 0 Å². The van der Waals surface area contributed by atoms with Crippen LogP contribution in [0.15, 0.2) is 24.3 Å². The van der Waals surface area contributed by atoms with E-state index in [-0.39, 0.29) is 23.6 Å². The number of para-hydroxylation sites is 1. The largest absolute Gasteiger partial charge is 0.365 e. The lowest BCUT2D eigenvalue weighted by Crippen LogP contribution is -2.33. The molecule has 2 nitrogen and oxygen atoms in total. The Bertz CT molecular complexity index is 382. The third-order valence-corrected chi connectivity index (χ3v) is 2.48. The summed E-state index contributed by atoms with van der Waals surface area (Å²) in [5, 5.41) is 0. The smallest absolute Gasteiger partial charge is 0.157 e. The average molecular weight is 223 g/mol. The summed E-state index contributed by atoms with van der Waals surface area (Å²) < 4.78 is 13.4. The van der Waals surface area contributed by atoms with Gasteiger partial charge >= 0.3 is 0 Å². The van der Waals surface area contributed by atoms with E-state index in [1.54, 1.807) is 30.1 Å². The molecule has 0 aliphatic heterocycles. The Balaban J connectivity index is 2.78. The second kappa shape index (κ2) is 4.64. The molecule has 0 amide bonds. The number of likely N-dealkylation sites (N-methyl/N-ethyl adjacent to an activating group) is 1. The molecule has 16 heavy (non-hydrogen) atoms. The number of rotatable bonds is 3. The van der Waals surface area contributed by atoms with Crippen molar-refractivity contribution in [2.75, 3.05) is 18.5 Å². The normalized spacial score (nSPS) is 11.3. The molecule has 1 rings (SSSR count).